The van der Waals surface area contributed by atoms with Crippen LogP contribution < -0.4 is 5.32 Å². The van der Waals surface area contributed by atoms with Crippen molar-refractivity contribution in [3.05, 3.63) is 42.9 Å². The Morgan fingerprint density at radius 3 is 3.31 bits per heavy atom. The fourth-order valence-corrected chi connectivity index (χ4v) is 1.46. The second kappa shape index (κ2) is 3.65. The fraction of sp³-hybridized carbons (Fsp3) is 0.100. The van der Waals surface area contributed by atoms with Crippen molar-refractivity contribution in [2.24, 2.45) is 0 Å². The number of hydrogen-bond donors (Lipinski definition) is 1. The molecule has 3 heterocycles. The van der Waals surface area contributed by atoms with E-state index in [0.717, 1.165) is 5.56 Å². The van der Waals surface area contributed by atoms with Gasteiger partial charge in [0.1, 0.15) is 6.33 Å². The minimum absolute atomic E-state index is 0.649. The maximum Gasteiger partial charge on any atom is 0.203 e. The lowest BCUT2D eigenvalue weighted by atomic mass is 10.3. The first kappa shape index (κ1) is 8.90. The Kier molecular flexibility index (Phi) is 2.03. The molecule has 0 aromatic carbocycles. The van der Waals surface area contributed by atoms with Gasteiger partial charge in [-0.1, -0.05) is 0 Å². The summed E-state index contributed by atoms with van der Waals surface area (Å²) in [7, 11) is 0. The highest BCUT2D eigenvalue weighted by atomic mass is 16.3. The number of rotatable bonds is 3. The molecular formula is C10H9N5O. The Balaban J connectivity index is 1.86. The first-order valence-corrected chi connectivity index (χ1v) is 4.83. The monoisotopic (exact) mass is 215 g/mol. The Labute approximate surface area is 90.9 Å². The first-order chi connectivity index (χ1) is 7.93. The van der Waals surface area contributed by atoms with Crippen LogP contribution in [0.5, 0.6) is 0 Å². The molecule has 16 heavy (non-hydrogen) atoms. The van der Waals surface area contributed by atoms with E-state index < -0.39 is 0 Å². The lowest BCUT2D eigenvalue weighted by Crippen LogP contribution is -2.02. The molecule has 0 saturated heterocycles. The van der Waals surface area contributed by atoms with Crippen LogP contribution in [0.1, 0.15) is 5.56 Å². The largest absolute Gasteiger partial charge is 0.472 e. The zero-order valence-corrected chi connectivity index (χ0v) is 8.37. The number of aromatic nitrogens is 4. The van der Waals surface area contributed by atoms with E-state index in [1.165, 1.54) is 0 Å². The highest BCUT2D eigenvalue weighted by Gasteiger charge is 2.04. The van der Waals surface area contributed by atoms with Crippen molar-refractivity contribution in [3.63, 3.8) is 0 Å². The molecule has 0 radical (unpaired) electrons. The summed E-state index contributed by atoms with van der Waals surface area (Å²) >= 11 is 0. The number of anilines is 1. The van der Waals surface area contributed by atoms with Gasteiger partial charge in [-0.25, -0.2) is 4.98 Å². The molecule has 80 valence electrons. The molecule has 0 spiro atoms. The minimum Gasteiger partial charge on any atom is -0.472 e. The maximum absolute atomic E-state index is 4.98. The van der Waals surface area contributed by atoms with Crippen LogP contribution in [-0.4, -0.2) is 19.6 Å². The van der Waals surface area contributed by atoms with Gasteiger partial charge >= 0.3 is 0 Å². The first-order valence-electron chi connectivity index (χ1n) is 4.83. The Morgan fingerprint density at radius 2 is 2.44 bits per heavy atom. The van der Waals surface area contributed by atoms with Gasteiger partial charge < -0.3 is 9.73 Å². The van der Waals surface area contributed by atoms with Crippen LogP contribution in [0.25, 0.3) is 5.65 Å². The van der Waals surface area contributed by atoms with E-state index >= 15 is 0 Å². The van der Waals surface area contributed by atoms with Crippen LogP contribution in [0.4, 0.5) is 5.82 Å². The van der Waals surface area contributed by atoms with Crippen LogP contribution in [0.15, 0.2) is 41.7 Å². The number of hydrogen-bond acceptors (Lipinski definition) is 5. The van der Waals surface area contributed by atoms with Crippen LogP contribution in [0, 0.1) is 0 Å². The van der Waals surface area contributed by atoms with Gasteiger partial charge in [0.2, 0.25) is 5.65 Å². The van der Waals surface area contributed by atoms with Crippen molar-refractivity contribution in [3.8, 4) is 0 Å². The molecule has 3 rings (SSSR count). The quantitative estimate of drug-likeness (QED) is 0.713. The van der Waals surface area contributed by atoms with Crippen LogP contribution in [0.3, 0.4) is 0 Å². The van der Waals surface area contributed by atoms with Gasteiger partial charge in [0.25, 0.3) is 0 Å². The second-order valence-electron chi connectivity index (χ2n) is 3.32. The average molecular weight is 215 g/mol. The summed E-state index contributed by atoms with van der Waals surface area (Å²) in [6.07, 6.45) is 8.48. The van der Waals surface area contributed by atoms with E-state index in [-0.39, 0.29) is 0 Å². The van der Waals surface area contributed by atoms with Crippen molar-refractivity contribution >= 4 is 11.5 Å². The topological polar surface area (TPSA) is 68.2 Å². The Morgan fingerprint density at radius 1 is 1.44 bits per heavy atom. The van der Waals surface area contributed by atoms with E-state index in [9.17, 15) is 0 Å². The summed E-state index contributed by atoms with van der Waals surface area (Å²) in [5.41, 5.74) is 1.77. The molecule has 3 aromatic rings. The fourth-order valence-electron chi connectivity index (χ4n) is 1.46. The third-order valence-electron chi connectivity index (χ3n) is 2.26. The summed E-state index contributed by atoms with van der Waals surface area (Å²) in [5.74, 6) is 0.709. The Bertz CT molecular complexity index is 586. The summed E-state index contributed by atoms with van der Waals surface area (Å²) < 4.78 is 6.79. The number of furan rings is 1. The van der Waals surface area contributed by atoms with Crippen LogP contribution >= 0.6 is 0 Å². The molecule has 0 aliphatic rings. The molecule has 0 aliphatic carbocycles. The molecule has 0 atom stereocenters. The van der Waals surface area contributed by atoms with Gasteiger partial charge in [0.15, 0.2) is 5.82 Å². The highest BCUT2D eigenvalue weighted by molar-refractivity contribution is 5.61. The van der Waals surface area contributed by atoms with Crippen LogP contribution in [0.2, 0.25) is 0 Å². The average Bonchev–Trinajstić information content (AvgIpc) is 2.97. The van der Waals surface area contributed by atoms with Crippen LogP contribution in [-0.2, 0) is 6.54 Å². The normalized spacial score (nSPS) is 10.8. The van der Waals surface area contributed by atoms with E-state index in [0.29, 0.717) is 18.0 Å². The molecule has 3 aromatic heterocycles. The van der Waals surface area contributed by atoms with E-state index in [2.05, 4.69) is 20.5 Å². The van der Waals surface area contributed by atoms with Gasteiger partial charge in [-0.15, -0.1) is 10.2 Å². The minimum atomic E-state index is 0.649. The molecular weight excluding hydrogens is 206 g/mol. The van der Waals surface area contributed by atoms with Gasteiger partial charge in [0, 0.05) is 24.5 Å². The van der Waals surface area contributed by atoms with E-state index in [4.69, 9.17) is 4.42 Å². The van der Waals surface area contributed by atoms with E-state index in [1.54, 1.807) is 31.2 Å². The standard InChI is InChI=1S/C10H9N5O/c1-4-16-6-8(1)5-12-9-10-14-13-7-15(10)3-2-11-9/h1-4,6-7H,5H2,(H,11,12). The zero-order chi connectivity index (χ0) is 10.8. The predicted molar refractivity (Wildman–Crippen MR) is 56.8 cm³/mol. The summed E-state index contributed by atoms with van der Waals surface area (Å²) in [6, 6.07) is 1.90. The number of nitrogens with zero attached hydrogens (tertiary/aromatic N) is 4. The molecule has 0 unspecified atom stereocenters. The summed E-state index contributed by atoms with van der Waals surface area (Å²) in [6.45, 7) is 0.649. The lowest BCUT2D eigenvalue weighted by molar-refractivity contribution is 0.564. The molecule has 1 N–H and O–H groups in total. The SMILES string of the molecule is c1cn2cnnc2c(NCc2ccoc2)n1. The smallest absolute Gasteiger partial charge is 0.203 e. The second-order valence-corrected chi connectivity index (χ2v) is 3.32. The maximum atomic E-state index is 4.98. The van der Waals surface area contributed by atoms with Crippen molar-refractivity contribution in [1.82, 2.24) is 19.6 Å². The van der Waals surface area contributed by atoms with Gasteiger partial charge in [-0.05, 0) is 6.07 Å². The molecule has 0 amide bonds. The highest BCUT2D eigenvalue weighted by Crippen LogP contribution is 2.11. The third-order valence-corrected chi connectivity index (χ3v) is 2.26. The number of fused-ring (bicyclic) bond motifs is 1. The summed E-state index contributed by atoms with van der Waals surface area (Å²) in [5, 5.41) is 11.0. The number of nitrogens with one attached hydrogen (secondary N) is 1. The molecule has 0 saturated carbocycles. The van der Waals surface area contributed by atoms with Crippen molar-refractivity contribution in [1.29, 1.82) is 0 Å². The lowest BCUT2D eigenvalue weighted by Gasteiger charge is -2.03. The molecule has 0 fully saturated rings. The molecule has 0 aliphatic heterocycles. The molecule has 6 heteroatoms. The third kappa shape index (κ3) is 1.50. The van der Waals surface area contributed by atoms with Crippen molar-refractivity contribution in [2.45, 2.75) is 6.54 Å². The molecule has 6 nitrogen and oxygen atoms in total. The predicted octanol–water partition coefficient (Wildman–Crippen LogP) is 1.33. The van der Waals surface area contributed by atoms with Gasteiger partial charge in [0.05, 0.1) is 12.5 Å². The van der Waals surface area contributed by atoms with Crippen molar-refractivity contribution < 1.29 is 4.42 Å². The van der Waals surface area contributed by atoms with Crippen molar-refractivity contribution in [2.75, 3.05) is 5.32 Å². The summed E-state index contributed by atoms with van der Waals surface area (Å²) in [4.78, 5) is 4.21. The van der Waals surface area contributed by atoms with Gasteiger partial charge in [-0.3, -0.25) is 4.40 Å². The van der Waals surface area contributed by atoms with Gasteiger partial charge in [-0.2, -0.15) is 0 Å². The zero-order valence-electron chi connectivity index (χ0n) is 8.37. The molecule has 0 bridgehead atoms. The van der Waals surface area contributed by atoms with E-state index in [1.807, 2.05) is 10.5 Å². The Hall–Kier alpha value is -2.37.